The number of benzene rings is 1. The van der Waals surface area contributed by atoms with Gasteiger partial charge in [-0.25, -0.2) is 0 Å². The lowest BCUT2D eigenvalue weighted by atomic mass is 10.1. The number of aromatic nitrogens is 2. The van der Waals surface area contributed by atoms with Gasteiger partial charge < -0.3 is 9.32 Å². The zero-order valence-electron chi connectivity index (χ0n) is 11.8. The number of rotatable bonds is 3. The smallest absolute Gasteiger partial charge is 0.293 e. The largest absolute Gasteiger partial charge is 0.421 e. The van der Waals surface area contributed by atoms with Gasteiger partial charge in [-0.1, -0.05) is 0 Å². The second-order valence-electron chi connectivity index (χ2n) is 5.13. The molecule has 0 spiro atoms. The van der Waals surface area contributed by atoms with Crippen molar-refractivity contribution >= 4 is 11.4 Å². The molecule has 3 rings (SSSR count). The third-order valence-corrected chi connectivity index (χ3v) is 3.64. The van der Waals surface area contributed by atoms with Crippen LogP contribution in [0.2, 0.25) is 0 Å². The fourth-order valence-corrected chi connectivity index (χ4v) is 2.62. The summed E-state index contributed by atoms with van der Waals surface area (Å²) in [5.41, 5.74) is 1.33. The Kier molecular flexibility index (Phi) is 3.55. The standard InChI is InChI=1S/C14H16N4O3/c1-10-15-16-14(21-10)11-5-6-12(13(9-11)18(19)20)17-7-3-2-4-8-17/h5-6,9H,2-4,7-8H2,1H3. The average Bonchev–Trinajstić information content (AvgIpc) is 2.94. The maximum absolute atomic E-state index is 11.4. The van der Waals surface area contributed by atoms with Crippen molar-refractivity contribution in [3.8, 4) is 11.5 Å². The number of nitro benzene ring substituents is 1. The molecule has 7 heteroatoms. The second kappa shape index (κ2) is 5.51. The van der Waals surface area contributed by atoms with E-state index in [0.29, 0.717) is 23.0 Å². The van der Waals surface area contributed by atoms with Gasteiger partial charge in [0.05, 0.1) is 4.92 Å². The fourth-order valence-electron chi connectivity index (χ4n) is 2.62. The van der Waals surface area contributed by atoms with E-state index in [0.717, 1.165) is 25.9 Å². The van der Waals surface area contributed by atoms with Crippen molar-refractivity contribution in [1.82, 2.24) is 10.2 Å². The van der Waals surface area contributed by atoms with Crippen LogP contribution in [0.3, 0.4) is 0 Å². The first-order chi connectivity index (χ1) is 10.1. The zero-order valence-corrected chi connectivity index (χ0v) is 11.8. The molecule has 1 aliphatic rings. The number of hydrogen-bond donors (Lipinski definition) is 0. The van der Waals surface area contributed by atoms with Gasteiger partial charge in [0.2, 0.25) is 11.8 Å². The van der Waals surface area contributed by atoms with Gasteiger partial charge in [0, 0.05) is 31.6 Å². The fraction of sp³-hybridized carbons (Fsp3) is 0.429. The topological polar surface area (TPSA) is 85.3 Å². The van der Waals surface area contributed by atoms with E-state index in [-0.39, 0.29) is 10.6 Å². The minimum Gasteiger partial charge on any atom is -0.421 e. The van der Waals surface area contributed by atoms with Crippen molar-refractivity contribution in [2.45, 2.75) is 26.2 Å². The Balaban J connectivity index is 2.00. The molecule has 2 heterocycles. The van der Waals surface area contributed by atoms with Crippen molar-refractivity contribution in [2.75, 3.05) is 18.0 Å². The van der Waals surface area contributed by atoms with Crippen LogP contribution in [0.4, 0.5) is 11.4 Å². The molecule has 0 unspecified atom stereocenters. The Morgan fingerprint density at radius 1 is 1.24 bits per heavy atom. The van der Waals surface area contributed by atoms with E-state index in [4.69, 9.17) is 4.42 Å². The Morgan fingerprint density at radius 2 is 2.00 bits per heavy atom. The van der Waals surface area contributed by atoms with Gasteiger partial charge in [-0.05, 0) is 31.4 Å². The summed E-state index contributed by atoms with van der Waals surface area (Å²) in [5.74, 6) is 0.744. The van der Waals surface area contributed by atoms with E-state index in [1.165, 1.54) is 12.5 Å². The zero-order chi connectivity index (χ0) is 14.8. The van der Waals surface area contributed by atoms with Crippen LogP contribution in [0.1, 0.15) is 25.2 Å². The van der Waals surface area contributed by atoms with Crippen LogP contribution in [-0.4, -0.2) is 28.2 Å². The third-order valence-electron chi connectivity index (χ3n) is 3.64. The number of anilines is 1. The van der Waals surface area contributed by atoms with Crippen LogP contribution < -0.4 is 4.90 Å². The SMILES string of the molecule is Cc1nnc(-c2ccc(N3CCCCC3)c([N+](=O)[O-])c2)o1. The van der Waals surface area contributed by atoms with Crippen LogP contribution >= 0.6 is 0 Å². The van der Waals surface area contributed by atoms with Crippen molar-refractivity contribution in [3.05, 3.63) is 34.2 Å². The lowest BCUT2D eigenvalue weighted by Crippen LogP contribution is -2.29. The summed E-state index contributed by atoms with van der Waals surface area (Å²) < 4.78 is 5.33. The van der Waals surface area contributed by atoms with Crippen LogP contribution in [0.25, 0.3) is 11.5 Å². The average molecular weight is 288 g/mol. The summed E-state index contributed by atoms with van der Waals surface area (Å²) in [4.78, 5) is 13.1. The molecular weight excluding hydrogens is 272 g/mol. The lowest BCUT2D eigenvalue weighted by molar-refractivity contribution is -0.384. The highest BCUT2D eigenvalue weighted by molar-refractivity contribution is 5.70. The van der Waals surface area contributed by atoms with E-state index in [1.807, 2.05) is 0 Å². The molecule has 0 saturated carbocycles. The molecule has 1 saturated heterocycles. The number of piperidine rings is 1. The summed E-state index contributed by atoms with van der Waals surface area (Å²) in [6.07, 6.45) is 3.33. The maximum atomic E-state index is 11.4. The Morgan fingerprint density at radius 3 is 2.62 bits per heavy atom. The molecule has 21 heavy (non-hydrogen) atoms. The first kappa shape index (κ1) is 13.5. The van der Waals surface area contributed by atoms with E-state index < -0.39 is 0 Å². The minimum absolute atomic E-state index is 0.0882. The van der Waals surface area contributed by atoms with E-state index in [2.05, 4.69) is 15.1 Å². The minimum atomic E-state index is -0.351. The summed E-state index contributed by atoms with van der Waals surface area (Å²) in [6.45, 7) is 3.41. The first-order valence-electron chi connectivity index (χ1n) is 6.99. The third kappa shape index (κ3) is 2.72. The van der Waals surface area contributed by atoms with Crippen molar-refractivity contribution in [3.63, 3.8) is 0 Å². The predicted octanol–water partition coefficient (Wildman–Crippen LogP) is 2.94. The summed E-state index contributed by atoms with van der Waals surface area (Å²) >= 11 is 0. The second-order valence-corrected chi connectivity index (χ2v) is 5.13. The molecule has 7 nitrogen and oxygen atoms in total. The Labute approximate surface area is 121 Å². The van der Waals surface area contributed by atoms with Gasteiger partial charge in [0.25, 0.3) is 5.69 Å². The molecule has 1 fully saturated rings. The highest BCUT2D eigenvalue weighted by atomic mass is 16.6. The molecule has 1 aromatic heterocycles. The normalized spacial score (nSPS) is 15.2. The van der Waals surface area contributed by atoms with Gasteiger partial charge in [0.1, 0.15) is 5.69 Å². The lowest BCUT2D eigenvalue weighted by Gasteiger charge is -2.28. The van der Waals surface area contributed by atoms with Gasteiger partial charge >= 0.3 is 0 Å². The summed E-state index contributed by atoms with van der Waals surface area (Å²) in [5, 5.41) is 19.0. The van der Waals surface area contributed by atoms with Crippen LogP contribution in [0.15, 0.2) is 22.6 Å². The van der Waals surface area contributed by atoms with E-state index in [1.54, 1.807) is 19.1 Å². The number of nitrogens with zero attached hydrogens (tertiary/aromatic N) is 4. The van der Waals surface area contributed by atoms with E-state index in [9.17, 15) is 10.1 Å². The van der Waals surface area contributed by atoms with Crippen LogP contribution in [-0.2, 0) is 0 Å². The molecule has 0 N–H and O–H groups in total. The molecule has 0 radical (unpaired) electrons. The molecule has 0 aliphatic carbocycles. The Bertz CT molecular complexity index is 662. The van der Waals surface area contributed by atoms with Crippen molar-refractivity contribution in [2.24, 2.45) is 0 Å². The Hall–Kier alpha value is -2.44. The first-order valence-corrected chi connectivity index (χ1v) is 6.99. The predicted molar refractivity (Wildman–Crippen MR) is 77.2 cm³/mol. The molecule has 1 aliphatic heterocycles. The van der Waals surface area contributed by atoms with Gasteiger partial charge in [-0.2, -0.15) is 0 Å². The summed E-state index contributed by atoms with van der Waals surface area (Å²) in [7, 11) is 0. The van der Waals surface area contributed by atoms with Gasteiger partial charge in [-0.3, -0.25) is 10.1 Å². The highest BCUT2D eigenvalue weighted by Gasteiger charge is 2.22. The summed E-state index contributed by atoms with van der Waals surface area (Å²) in [6, 6.07) is 5.08. The molecule has 1 aromatic carbocycles. The molecule has 0 bridgehead atoms. The van der Waals surface area contributed by atoms with E-state index >= 15 is 0 Å². The van der Waals surface area contributed by atoms with Gasteiger partial charge in [0.15, 0.2) is 0 Å². The monoisotopic (exact) mass is 288 g/mol. The van der Waals surface area contributed by atoms with Crippen LogP contribution in [0.5, 0.6) is 0 Å². The van der Waals surface area contributed by atoms with Gasteiger partial charge in [-0.15, -0.1) is 10.2 Å². The quantitative estimate of drug-likeness (QED) is 0.637. The molecule has 0 amide bonds. The molecule has 2 aromatic rings. The number of aryl methyl sites for hydroxylation is 1. The highest BCUT2D eigenvalue weighted by Crippen LogP contribution is 2.34. The maximum Gasteiger partial charge on any atom is 0.293 e. The van der Waals surface area contributed by atoms with Crippen molar-refractivity contribution in [1.29, 1.82) is 0 Å². The number of nitro groups is 1. The molecular formula is C14H16N4O3. The molecule has 110 valence electrons. The van der Waals surface area contributed by atoms with Crippen molar-refractivity contribution < 1.29 is 9.34 Å². The molecule has 0 atom stereocenters. The number of hydrogen-bond acceptors (Lipinski definition) is 6. The van der Waals surface area contributed by atoms with Crippen LogP contribution in [0, 0.1) is 17.0 Å².